The summed E-state index contributed by atoms with van der Waals surface area (Å²) in [6.07, 6.45) is 1.22. The Morgan fingerprint density at radius 1 is 0.444 bits per heavy atom. The molecule has 10 aromatic rings. The number of furan rings is 1. The first kappa shape index (κ1) is 42.3. The number of fused-ring (bicyclic) bond motifs is 22. The number of hydrogen-bond acceptors (Lipinski definition) is 2. The van der Waals surface area contributed by atoms with Gasteiger partial charge in [-0.05, 0) is 194 Å². The van der Waals surface area contributed by atoms with E-state index in [0.717, 1.165) is 16.9 Å². The lowest BCUT2D eigenvalue weighted by atomic mass is 9.72. The monoisotopic (exact) mass is 929 g/mol. The molecule has 350 valence electrons. The quantitative estimate of drug-likeness (QED) is 0.175. The molecule has 5 aliphatic carbocycles. The van der Waals surface area contributed by atoms with Gasteiger partial charge in [0.1, 0.15) is 11.2 Å². The summed E-state index contributed by atoms with van der Waals surface area (Å²) < 4.78 is 7.08. The van der Waals surface area contributed by atoms with Crippen molar-refractivity contribution in [3.63, 3.8) is 0 Å². The molecule has 1 heterocycles. The first-order valence-corrected chi connectivity index (χ1v) is 26.3. The topological polar surface area (TPSA) is 16.4 Å². The van der Waals surface area contributed by atoms with Gasteiger partial charge in [-0.2, -0.15) is 0 Å². The smallest absolute Gasteiger partial charge is 0.144 e. The van der Waals surface area contributed by atoms with Crippen LogP contribution in [0.2, 0.25) is 0 Å². The largest absolute Gasteiger partial charge is 0.455 e. The number of aryl methyl sites for hydroxylation is 4. The average Bonchev–Trinajstić information content (AvgIpc) is 3.88. The van der Waals surface area contributed by atoms with E-state index in [1.54, 1.807) is 5.56 Å². The van der Waals surface area contributed by atoms with E-state index in [9.17, 15) is 0 Å². The average molecular weight is 930 g/mol. The maximum absolute atomic E-state index is 7.08. The summed E-state index contributed by atoms with van der Waals surface area (Å²) in [6, 6.07) is 58.5. The van der Waals surface area contributed by atoms with Gasteiger partial charge in [0.2, 0.25) is 0 Å². The first-order valence-electron chi connectivity index (χ1n) is 26.3. The lowest BCUT2D eigenvalue weighted by Crippen LogP contribution is -2.24. The summed E-state index contributed by atoms with van der Waals surface area (Å²) in [5.41, 5.74) is 35.1. The Kier molecular flexibility index (Phi) is 8.19. The van der Waals surface area contributed by atoms with Crippen LogP contribution in [0, 0.1) is 27.7 Å². The predicted octanol–water partition coefficient (Wildman–Crippen LogP) is 19.1. The standard InChI is InChI=1S/C70H59NO/c1-37-23-27-43(39(3)31-37)52-36-56-60(61-45-18-12-11-17-44(45)50-35-51(50)59(52)61)47-28-25-41(33-54(47)68(56,5)6)71(57-30-24-38(2)32-40(57)4)42-26-29-48-55(34-42)70(9,10)66-64(48)67-63(49-20-14-16-22-58(49)72-67)62-46-19-13-15-21-53(46)69(7,8)65(62)66/h11-34,36,50-51H,35H2,1-10H3. The van der Waals surface area contributed by atoms with Gasteiger partial charge in [0, 0.05) is 49.6 Å². The Balaban J connectivity index is 0.948. The van der Waals surface area contributed by atoms with Crippen molar-refractivity contribution in [2.75, 3.05) is 4.90 Å². The third-order valence-corrected chi connectivity index (χ3v) is 18.4. The number of para-hydroxylation sites is 1. The predicted molar refractivity (Wildman–Crippen MR) is 301 cm³/mol. The van der Waals surface area contributed by atoms with Crippen molar-refractivity contribution >= 4 is 39.0 Å². The minimum absolute atomic E-state index is 0.202. The minimum Gasteiger partial charge on any atom is -0.455 e. The van der Waals surface area contributed by atoms with Crippen molar-refractivity contribution in [2.24, 2.45) is 0 Å². The lowest BCUT2D eigenvalue weighted by Gasteiger charge is -2.32. The van der Waals surface area contributed by atoms with E-state index in [4.69, 9.17) is 4.42 Å². The van der Waals surface area contributed by atoms with Crippen LogP contribution < -0.4 is 4.90 Å². The van der Waals surface area contributed by atoms with Crippen molar-refractivity contribution in [3.05, 3.63) is 218 Å². The molecule has 0 spiro atoms. The maximum Gasteiger partial charge on any atom is 0.144 e. The fourth-order valence-electron chi connectivity index (χ4n) is 15.1. The third kappa shape index (κ3) is 5.30. The molecule has 0 radical (unpaired) electrons. The summed E-state index contributed by atoms with van der Waals surface area (Å²) >= 11 is 0. The molecule has 0 aliphatic heterocycles. The number of benzene rings is 9. The Hall–Kier alpha value is -7.42. The number of hydrogen-bond donors (Lipinski definition) is 0. The molecule has 9 aromatic carbocycles. The Morgan fingerprint density at radius 3 is 1.79 bits per heavy atom. The molecule has 0 saturated heterocycles. The molecule has 0 N–H and O–H groups in total. The molecule has 1 fully saturated rings. The summed E-state index contributed by atoms with van der Waals surface area (Å²) in [6.45, 7) is 23.8. The van der Waals surface area contributed by atoms with E-state index in [1.807, 2.05) is 0 Å². The van der Waals surface area contributed by atoms with Gasteiger partial charge in [0.05, 0.1) is 0 Å². The molecule has 1 aromatic heterocycles. The highest BCUT2D eigenvalue weighted by Crippen LogP contribution is 2.69. The zero-order valence-electron chi connectivity index (χ0n) is 43.2. The second-order valence-electron chi connectivity index (χ2n) is 23.8. The van der Waals surface area contributed by atoms with Crippen LogP contribution in [0.1, 0.15) is 127 Å². The van der Waals surface area contributed by atoms with Crippen LogP contribution in [-0.2, 0) is 16.2 Å². The van der Waals surface area contributed by atoms with E-state index in [2.05, 4.69) is 226 Å². The minimum atomic E-state index is -0.323. The number of anilines is 3. The molecular formula is C70H59NO. The molecule has 0 amide bonds. The number of nitrogens with zero attached hydrogens (tertiary/aromatic N) is 1. The molecule has 2 heteroatoms. The van der Waals surface area contributed by atoms with Crippen molar-refractivity contribution in [2.45, 2.75) is 104 Å². The van der Waals surface area contributed by atoms with E-state index in [-0.39, 0.29) is 16.2 Å². The molecule has 5 aliphatic rings. The molecule has 2 atom stereocenters. The van der Waals surface area contributed by atoms with Gasteiger partial charge in [0.25, 0.3) is 0 Å². The number of rotatable bonds is 4. The summed E-state index contributed by atoms with van der Waals surface area (Å²) in [5, 5.41) is 2.43. The SMILES string of the molecule is Cc1ccc(-c2cc3c(c4c2C2CC2c2ccccc2-4)-c2ccc(N(c4ccc5c(c4)C(C)(C)c4c6c(c7c(oc8ccccc87)c4-5)-c4ccccc4C6(C)C)c4ccc(C)cc4C)cc2C3(C)C)c(C)c1. The van der Waals surface area contributed by atoms with E-state index < -0.39 is 0 Å². The highest BCUT2D eigenvalue weighted by molar-refractivity contribution is 6.21. The van der Waals surface area contributed by atoms with Gasteiger partial charge < -0.3 is 9.32 Å². The fourth-order valence-corrected chi connectivity index (χ4v) is 15.1. The van der Waals surface area contributed by atoms with Crippen molar-refractivity contribution in [1.29, 1.82) is 0 Å². The fraction of sp³-hybridized carbons (Fsp3) is 0.229. The Labute approximate surface area is 424 Å². The van der Waals surface area contributed by atoms with Gasteiger partial charge in [-0.1, -0.05) is 162 Å². The second-order valence-corrected chi connectivity index (χ2v) is 23.8. The second kappa shape index (κ2) is 14.0. The van der Waals surface area contributed by atoms with E-state index in [1.165, 1.54) is 145 Å². The molecule has 2 unspecified atom stereocenters. The summed E-state index contributed by atoms with van der Waals surface area (Å²) in [7, 11) is 0. The Morgan fingerprint density at radius 2 is 1.04 bits per heavy atom. The third-order valence-electron chi connectivity index (χ3n) is 18.4. The van der Waals surface area contributed by atoms with E-state index >= 15 is 0 Å². The Bertz CT molecular complexity index is 4110. The van der Waals surface area contributed by atoms with Crippen molar-refractivity contribution in [3.8, 4) is 55.6 Å². The first-order chi connectivity index (χ1) is 34.6. The molecule has 15 rings (SSSR count). The summed E-state index contributed by atoms with van der Waals surface area (Å²) in [4.78, 5) is 2.55. The van der Waals surface area contributed by atoms with Crippen molar-refractivity contribution in [1.82, 2.24) is 0 Å². The van der Waals surface area contributed by atoms with Crippen LogP contribution in [-0.4, -0.2) is 0 Å². The zero-order valence-corrected chi connectivity index (χ0v) is 43.2. The van der Waals surface area contributed by atoms with Crippen LogP contribution in [0.25, 0.3) is 77.6 Å². The highest BCUT2D eigenvalue weighted by Gasteiger charge is 2.51. The molecule has 72 heavy (non-hydrogen) atoms. The molecule has 0 bridgehead atoms. The van der Waals surface area contributed by atoms with Crippen molar-refractivity contribution < 1.29 is 4.42 Å². The van der Waals surface area contributed by atoms with Gasteiger partial charge in [-0.3, -0.25) is 0 Å². The normalized spacial score (nSPS) is 18.1. The lowest BCUT2D eigenvalue weighted by molar-refractivity contribution is 0.600. The van der Waals surface area contributed by atoms with Crippen LogP contribution >= 0.6 is 0 Å². The maximum atomic E-state index is 7.08. The van der Waals surface area contributed by atoms with E-state index in [0.29, 0.717) is 11.8 Å². The molecular weight excluding hydrogens is 871 g/mol. The van der Waals surface area contributed by atoms with Crippen LogP contribution in [0.15, 0.2) is 156 Å². The van der Waals surface area contributed by atoms with Crippen LogP contribution in [0.3, 0.4) is 0 Å². The molecule has 2 nitrogen and oxygen atoms in total. The molecule has 1 saturated carbocycles. The van der Waals surface area contributed by atoms with Crippen LogP contribution in [0.5, 0.6) is 0 Å². The van der Waals surface area contributed by atoms with Crippen LogP contribution in [0.4, 0.5) is 17.1 Å². The summed E-state index contributed by atoms with van der Waals surface area (Å²) in [5.74, 6) is 1.14. The van der Waals surface area contributed by atoms with Gasteiger partial charge in [-0.25, -0.2) is 0 Å². The van der Waals surface area contributed by atoms with Gasteiger partial charge in [-0.15, -0.1) is 0 Å². The van der Waals surface area contributed by atoms with Gasteiger partial charge in [0.15, 0.2) is 0 Å². The zero-order chi connectivity index (χ0) is 49.1. The van der Waals surface area contributed by atoms with Gasteiger partial charge >= 0.3 is 0 Å². The highest BCUT2D eigenvalue weighted by atomic mass is 16.3.